The van der Waals surface area contributed by atoms with Gasteiger partial charge in [0.2, 0.25) is 5.91 Å². The quantitative estimate of drug-likeness (QED) is 0.182. The standard InChI is InChI=1S/C25H34N2O8S/c1-32-19-15-23(34-3)20(24(16-19)35-4)11-13-36(30,31)17-18-9-10-22(33-2)21(14-18)26-12-7-5-6-8-25(28)27-29/h9-11,13-16,26,29H,5-8,12,17H2,1-4H3,(H,27,28)/b13-11+. The predicted octanol–water partition coefficient (Wildman–Crippen LogP) is 3.78. The van der Waals surface area contributed by atoms with E-state index in [1.165, 1.54) is 27.4 Å². The Bertz CT molecular complexity index is 1120. The minimum atomic E-state index is -3.63. The van der Waals surface area contributed by atoms with Crippen LogP contribution in [0.3, 0.4) is 0 Å². The van der Waals surface area contributed by atoms with Gasteiger partial charge in [-0.05, 0) is 36.6 Å². The lowest BCUT2D eigenvalue weighted by molar-refractivity contribution is -0.129. The van der Waals surface area contributed by atoms with Crippen molar-refractivity contribution in [2.24, 2.45) is 0 Å². The van der Waals surface area contributed by atoms with Gasteiger partial charge in [0.15, 0.2) is 9.84 Å². The van der Waals surface area contributed by atoms with Gasteiger partial charge in [0, 0.05) is 30.5 Å². The summed E-state index contributed by atoms with van der Waals surface area (Å²) in [6.45, 7) is 0.615. The zero-order chi connectivity index (χ0) is 26.6. The van der Waals surface area contributed by atoms with E-state index in [2.05, 4.69) is 5.32 Å². The molecule has 0 spiro atoms. The van der Waals surface area contributed by atoms with Gasteiger partial charge in [-0.3, -0.25) is 10.0 Å². The number of ether oxygens (including phenoxy) is 4. The second-order valence-electron chi connectivity index (χ2n) is 7.86. The van der Waals surface area contributed by atoms with Crippen LogP contribution in [-0.4, -0.2) is 54.5 Å². The SMILES string of the molecule is COc1cc(OC)c(/C=C/S(=O)(=O)Cc2ccc(OC)c(NCCCCCC(=O)NO)c2)c(OC)c1. The van der Waals surface area contributed by atoms with E-state index < -0.39 is 15.7 Å². The Morgan fingerprint density at radius 2 is 1.58 bits per heavy atom. The Balaban J connectivity index is 2.10. The molecule has 10 nitrogen and oxygen atoms in total. The summed E-state index contributed by atoms with van der Waals surface area (Å²) in [4.78, 5) is 11.1. The Morgan fingerprint density at radius 1 is 0.917 bits per heavy atom. The molecule has 3 N–H and O–H groups in total. The molecule has 2 aromatic rings. The molecule has 0 heterocycles. The summed E-state index contributed by atoms with van der Waals surface area (Å²) in [5.41, 5.74) is 3.37. The van der Waals surface area contributed by atoms with E-state index in [1.54, 1.807) is 42.9 Å². The Morgan fingerprint density at radius 3 is 2.17 bits per heavy atom. The number of carbonyl (C=O) groups is 1. The monoisotopic (exact) mass is 522 g/mol. The van der Waals surface area contributed by atoms with Crippen LogP contribution < -0.4 is 29.7 Å². The first-order valence-corrected chi connectivity index (χ1v) is 13.0. The number of rotatable bonds is 15. The number of anilines is 1. The molecule has 11 heteroatoms. The van der Waals surface area contributed by atoms with E-state index in [0.29, 0.717) is 52.8 Å². The van der Waals surface area contributed by atoms with Crippen molar-refractivity contribution in [2.75, 3.05) is 40.3 Å². The number of amides is 1. The van der Waals surface area contributed by atoms with E-state index in [0.717, 1.165) is 18.2 Å². The summed E-state index contributed by atoms with van der Waals surface area (Å²) < 4.78 is 47.1. The van der Waals surface area contributed by atoms with Crippen LogP contribution in [0, 0.1) is 0 Å². The largest absolute Gasteiger partial charge is 0.496 e. The second-order valence-corrected chi connectivity index (χ2v) is 9.75. The highest BCUT2D eigenvalue weighted by Crippen LogP contribution is 2.35. The number of unbranched alkanes of at least 4 members (excludes halogenated alkanes) is 2. The number of carbonyl (C=O) groups excluding carboxylic acids is 1. The molecule has 1 amide bonds. The van der Waals surface area contributed by atoms with Crippen LogP contribution in [0.25, 0.3) is 6.08 Å². The van der Waals surface area contributed by atoms with Crippen LogP contribution >= 0.6 is 0 Å². The average molecular weight is 523 g/mol. The predicted molar refractivity (Wildman–Crippen MR) is 138 cm³/mol. The first-order valence-electron chi connectivity index (χ1n) is 11.3. The molecule has 0 fully saturated rings. The summed E-state index contributed by atoms with van der Waals surface area (Å²) in [7, 11) is 2.40. The molecule has 2 aromatic carbocycles. The first-order chi connectivity index (χ1) is 17.3. The van der Waals surface area contributed by atoms with Gasteiger partial charge in [-0.2, -0.15) is 0 Å². The van der Waals surface area contributed by atoms with Crippen LogP contribution in [0.4, 0.5) is 5.69 Å². The van der Waals surface area contributed by atoms with E-state index in [9.17, 15) is 13.2 Å². The molecular weight excluding hydrogens is 488 g/mol. The number of sulfone groups is 1. The number of hydrogen-bond donors (Lipinski definition) is 3. The van der Waals surface area contributed by atoms with Crippen molar-refractivity contribution in [1.82, 2.24) is 5.48 Å². The molecule has 198 valence electrons. The molecule has 0 saturated carbocycles. The molecule has 0 unspecified atom stereocenters. The lowest BCUT2D eigenvalue weighted by Crippen LogP contribution is -2.17. The van der Waals surface area contributed by atoms with Crippen LogP contribution in [0.1, 0.15) is 36.8 Å². The van der Waals surface area contributed by atoms with Crippen molar-refractivity contribution in [3.63, 3.8) is 0 Å². The lowest BCUT2D eigenvalue weighted by atomic mass is 10.1. The van der Waals surface area contributed by atoms with Crippen molar-refractivity contribution in [3.8, 4) is 23.0 Å². The number of hydrogen-bond acceptors (Lipinski definition) is 9. The van der Waals surface area contributed by atoms with E-state index in [4.69, 9.17) is 24.2 Å². The third-order valence-electron chi connectivity index (χ3n) is 5.35. The summed E-state index contributed by atoms with van der Waals surface area (Å²) >= 11 is 0. The minimum Gasteiger partial charge on any atom is -0.496 e. The highest BCUT2D eigenvalue weighted by molar-refractivity contribution is 7.93. The average Bonchev–Trinajstić information content (AvgIpc) is 2.88. The molecule has 0 radical (unpaired) electrons. The van der Waals surface area contributed by atoms with Gasteiger partial charge >= 0.3 is 0 Å². The van der Waals surface area contributed by atoms with Gasteiger partial charge in [0.05, 0.1) is 45.4 Å². The first kappa shape index (κ1) is 28.8. The van der Waals surface area contributed by atoms with Gasteiger partial charge in [0.1, 0.15) is 23.0 Å². The normalized spacial score (nSPS) is 11.2. The smallest absolute Gasteiger partial charge is 0.243 e. The van der Waals surface area contributed by atoms with Gasteiger partial charge in [-0.15, -0.1) is 0 Å². The zero-order valence-electron chi connectivity index (χ0n) is 21.0. The molecular formula is C25H34N2O8S. The summed E-state index contributed by atoms with van der Waals surface area (Å²) in [6.07, 6.45) is 3.94. The molecule has 0 aliphatic heterocycles. The fourth-order valence-electron chi connectivity index (χ4n) is 3.50. The fourth-order valence-corrected chi connectivity index (χ4v) is 4.58. The maximum Gasteiger partial charge on any atom is 0.243 e. The summed E-state index contributed by atoms with van der Waals surface area (Å²) in [5, 5.41) is 12.9. The number of hydroxylamine groups is 1. The minimum absolute atomic E-state index is 0.209. The zero-order valence-corrected chi connectivity index (χ0v) is 21.8. The maximum absolute atomic E-state index is 12.9. The maximum atomic E-state index is 12.9. The van der Waals surface area contributed by atoms with Crippen molar-refractivity contribution in [3.05, 3.63) is 46.9 Å². The number of nitrogens with one attached hydrogen (secondary N) is 2. The fraction of sp³-hybridized carbons (Fsp3) is 0.400. The molecule has 0 aliphatic rings. The van der Waals surface area contributed by atoms with E-state index in [-0.39, 0.29) is 12.2 Å². The second kappa shape index (κ2) is 14.2. The summed E-state index contributed by atoms with van der Waals surface area (Å²) in [6, 6.07) is 8.47. The van der Waals surface area contributed by atoms with E-state index in [1.807, 2.05) is 0 Å². The molecule has 2 rings (SSSR count). The van der Waals surface area contributed by atoms with Gasteiger partial charge in [0.25, 0.3) is 0 Å². The Kier molecular flexibility index (Phi) is 11.4. The highest BCUT2D eigenvalue weighted by Gasteiger charge is 2.15. The summed E-state index contributed by atoms with van der Waals surface area (Å²) in [5.74, 6) is 1.35. The van der Waals surface area contributed by atoms with Gasteiger partial charge in [-0.1, -0.05) is 12.5 Å². The van der Waals surface area contributed by atoms with Crippen molar-refractivity contribution < 1.29 is 37.4 Å². The van der Waals surface area contributed by atoms with Crippen LogP contribution in [0.15, 0.2) is 35.7 Å². The molecule has 0 saturated heterocycles. The topological polar surface area (TPSA) is 132 Å². The van der Waals surface area contributed by atoms with Crippen LogP contribution in [-0.2, 0) is 20.4 Å². The molecule has 0 bridgehead atoms. The van der Waals surface area contributed by atoms with Crippen molar-refractivity contribution in [2.45, 2.75) is 31.4 Å². The lowest BCUT2D eigenvalue weighted by Gasteiger charge is -2.13. The van der Waals surface area contributed by atoms with Crippen molar-refractivity contribution in [1.29, 1.82) is 0 Å². The molecule has 0 atom stereocenters. The van der Waals surface area contributed by atoms with Crippen LogP contribution in [0.2, 0.25) is 0 Å². The Labute approximate surface area is 212 Å². The van der Waals surface area contributed by atoms with Gasteiger partial charge in [-0.25, -0.2) is 13.9 Å². The Hall–Kier alpha value is -3.44. The highest BCUT2D eigenvalue weighted by atomic mass is 32.2. The molecule has 0 aromatic heterocycles. The molecule has 36 heavy (non-hydrogen) atoms. The van der Waals surface area contributed by atoms with Crippen molar-refractivity contribution >= 4 is 27.5 Å². The third-order valence-corrected chi connectivity index (χ3v) is 6.63. The van der Waals surface area contributed by atoms with Gasteiger partial charge < -0.3 is 24.3 Å². The third kappa shape index (κ3) is 8.65. The number of benzene rings is 2. The van der Waals surface area contributed by atoms with Crippen LogP contribution in [0.5, 0.6) is 23.0 Å². The number of methoxy groups -OCH3 is 4. The van der Waals surface area contributed by atoms with E-state index >= 15 is 0 Å². The molecule has 0 aliphatic carbocycles.